The number of nitrogens with zero attached hydrogens (tertiary/aromatic N) is 3. The van der Waals surface area contributed by atoms with Gasteiger partial charge < -0.3 is 14.8 Å². The number of aromatic nitrogens is 2. The fourth-order valence-electron chi connectivity index (χ4n) is 1.33. The lowest BCUT2D eigenvalue weighted by Gasteiger charge is -2.10. The van der Waals surface area contributed by atoms with E-state index in [1.54, 1.807) is 0 Å². The van der Waals surface area contributed by atoms with Gasteiger partial charge in [0.25, 0.3) is 0 Å². The van der Waals surface area contributed by atoms with Gasteiger partial charge in [-0.2, -0.15) is 0 Å². The SMILES string of the molecule is CCn1ccnc1NCCCN(C)C. The smallest absolute Gasteiger partial charge is 0.202 e. The van der Waals surface area contributed by atoms with Crippen molar-refractivity contribution in [1.29, 1.82) is 0 Å². The molecule has 0 bridgehead atoms. The van der Waals surface area contributed by atoms with Crippen LogP contribution in [0.3, 0.4) is 0 Å². The molecule has 0 atom stereocenters. The molecule has 0 unspecified atom stereocenters. The molecule has 0 amide bonds. The summed E-state index contributed by atoms with van der Waals surface area (Å²) in [5, 5.41) is 3.32. The highest BCUT2D eigenvalue weighted by molar-refractivity contribution is 5.25. The molecule has 4 nitrogen and oxygen atoms in total. The topological polar surface area (TPSA) is 33.1 Å². The summed E-state index contributed by atoms with van der Waals surface area (Å²) in [6.45, 7) is 5.18. The highest BCUT2D eigenvalue weighted by Gasteiger charge is 1.98. The summed E-state index contributed by atoms with van der Waals surface area (Å²) in [6, 6.07) is 0. The molecule has 4 heteroatoms. The van der Waals surface area contributed by atoms with Crippen LogP contribution in [0.4, 0.5) is 5.95 Å². The quantitative estimate of drug-likeness (QED) is 0.695. The second-order valence-electron chi connectivity index (χ2n) is 3.62. The van der Waals surface area contributed by atoms with E-state index in [-0.39, 0.29) is 0 Å². The number of imidazole rings is 1. The number of aryl methyl sites for hydroxylation is 1. The summed E-state index contributed by atoms with van der Waals surface area (Å²) in [7, 11) is 4.18. The summed E-state index contributed by atoms with van der Waals surface area (Å²) < 4.78 is 2.11. The maximum Gasteiger partial charge on any atom is 0.202 e. The van der Waals surface area contributed by atoms with Crippen LogP contribution < -0.4 is 5.32 Å². The molecule has 1 heterocycles. The number of hydrogen-bond acceptors (Lipinski definition) is 3. The van der Waals surface area contributed by atoms with Gasteiger partial charge in [0.05, 0.1) is 0 Å². The Bertz CT molecular complexity index is 254. The first-order chi connectivity index (χ1) is 6.74. The third-order valence-electron chi connectivity index (χ3n) is 2.12. The molecule has 1 rings (SSSR count). The summed E-state index contributed by atoms with van der Waals surface area (Å²) in [5.41, 5.74) is 0. The zero-order valence-electron chi connectivity index (χ0n) is 9.32. The highest BCUT2D eigenvalue weighted by atomic mass is 15.2. The number of hydrogen-bond donors (Lipinski definition) is 1. The molecule has 0 saturated heterocycles. The van der Waals surface area contributed by atoms with Gasteiger partial charge in [-0.3, -0.25) is 0 Å². The number of nitrogens with one attached hydrogen (secondary N) is 1. The third-order valence-corrected chi connectivity index (χ3v) is 2.12. The number of rotatable bonds is 6. The third kappa shape index (κ3) is 3.38. The monoisotopic (exact) mass is 196 g/mol. The van der Waals surface area contributed by atoms with Crippen LogP contribution in [-0.4, -0.2) is 41.6 Å². The van der Waals surface area contributed by atoms with Crippen LogP contribution >= 0.6 is 0 Å². The van der Waals surface area contributed by atoms with Crippen molar-refractivity contribution in [2.24, 2.45) is 0 Å². The van der Waals surface area contributed by atoms with E-state index < -0.39 is 0 Å². The van der Waals surface area contributed by atoms with E-state index in [2.05, 4.69) is 40.8 Å². The van der Waals surface area contributed by atoms with Crippen LogP contribution in [0.25, 0.3) is 0 Å². The van der Waals surface area contributed by atoms with Crippen LogP contribution in [-0.2, 0) is 6.54 Å². The minimum Gasteiger partial charge on any atom is -0.356 e. The van der Waals surface area contributed by atoms with Crippen molar-refractivity contribution in [3.8, 4) is 0 Å². The molecular weight excluding hydrogens is 176 g/mol. The lowest BCUT2D eigenvalue weighted by molar-refractivity contribution is 0.405. The van der Waals surface area contributed by atoms with E-state index in [0.29, 0.717) is 0 Å². The lowest BCUT2D eigenvalue weighted by atomic mass is 10.4. The van der Waals surface area contributed by atoms with Crippen molar-refractivity contribution in [3.63, 3.8) is 0 Å². The van der Waals surface area contributed by atoms with Gasteiger partial charge in [-0.25, -0.2) is 4.98 Å². The van der Waals surface area contributed by atoms with Gasteiger partial charge >= 0.3 is 0 Å². The van der Waals surface area contributed by atoms with Gasteiger partial charge in [0.15, 0.2) is 0 Å². The molecule has 0 aliphatic rings. The highest BCUT2D eigenvalue weighted by Crippen LogP contribution is 2.03. The summed E-state index contributed by atoms with van der Waals surface area (Å²) in [5.74, 6) is 0.978. The normalized spacial score (nSPS) is 10.9. The lowest BCUT2D eigenvalue weighted by Crippen LogP contribution is -2.17. The van der Waals surface area contributed by atoms with Crippen molar-refractivity contribution in [2.75, 3.05) is 32.5 Å². The molecule has 0 radical (unpaired) electrons. The zero-order chi connectivity index (χ0) is 10.4. The van der Waals surface area contributed by atoms with E-state index >= 15 is 0 Å². The Morgan fingerprint density at radius 1 is 1.50 bits per heavy atom. The van der Waals surface area contributed by atoms with E-state index in [1.165, 1.54) is 0 Å². The van der Waals surface area contributed by atoms with Gasteiger partial charge in [-0.05, 0) is 34.0 Å². The molecule has 14 heavy (non-hydrogen) atoms. The van der Waals surface area contributed by atoms with E-state index in [0.717, 1.165) is 32.0 Å². The second-order valence-corrected chi connectivity index (χ2v) is 3.62. The molecule has 1 aromatic rings. The van der Waals surface area contributed by atoms with Gasteiger partial charge in [-0.1, -0.05) is 0 Å². The van der Waals surface area contributed by atoms with Gasteiger partial charge in [0, 0.05) is 25.5 Å². The Balaban J connectivity index is 2.24. The molecular formula is C10H20N4. The molecule has 0 spiro atoms. The predicted octanol–water partition coefficient (Wildman–Crippen LogP) is 1.27. The average molecular weight is 196 g/mol. The average Bonchev–Trinajstić information content (AvgIpc) is 2.59. The van der Waals surface area contributed by atoms with Crippen LogP contribution in [0, 0.1) is 0 Å². The number of anilines is 1. The maximum absolute atomic E-state index is 4.24. The standard InChI is InChI=1S/C10H20N4/c1-4-14-9-7-12-10(14)11-6-5-8-13(2)3/h7,9H,4-6,8H2,1-3H3,(H,11,12). The van der Waals surface area contributed by atoms with Crippen molar-refractivity contribution < 1.29 is 0 Å². The van der Waals surface area contributed by atoms with Gasteiger partial charge in [0.1, 0.15) is 0 Å². The Morgan fingerprint density at radius 2 is 2.29 bits per heavy atom. The fraction of sp³-hybridized carbons (Fsp3) is 0.700. The minimum atomic E-state index is 0.968. The molecule has 1 aromatic heterocycles. The van der Waals surface area contributed by atoms with E-state index in [4.69, 9.17) is 0 Å². The Kier molecular flexibility index (Phi) is 4.46. The van der Waals surface area contributed by atoms with Gasteiger partial charge in [0.2, 0.25) is 5.95 Å². The Labute approximate surface area is 85.9 Å². The summed E-state index contributed by atoms with van der Waals surface area (Å²) in [4.78, 5) is 6.43. The molecule has 1 N–H and O–H groups in total. The largest absolute Gasteiger partial charge is 0.356 e. The maximum atomic E-state index is 4.24. The first-order valence-electron chi connectivity index (χ1n) is 5.13. The van der Waals surface area contributed by atoms with E-state index in [1.807, 2.05) is 12.4 Å². The first-order valence-corrected chi connectivity index (χ1v) is 5.13. The molecule has 80 valence electrons. The molecule has 0 aliphatic heterocycles. The van der Waals surface area contributed by atoms with Crippen LogP contribution in [0.2, 0.25) is 0 Å². The Morgan fingerprint density at radius 3 is 2.93 bits per heavy atom. The van der Waals surface area contributed by atoms with Crippen molar-refractivity contribution in [3.05, 3.63) is 12.4 Å². The van der Waals surface area contributed by atoms with Crippen molar-refractivity contribution in [2.45, 2.75) is 19.9 Å². The predicted molar refractivity (Wildman–Crippen MR) is 59.6 cm³/mol. The van der Waals surface area contributed by atoms with Crippen molar-refractivity contribution in [1.82, 2.24) is 14.5 Å². The molecule has 0 fully saturated rings. The van der Waals surface area contributed by atoms with Crippen LogP contribution in [0.15, 0.2) is 12.4 Å². The molecule has 0 saturated carbocycles. The van der Waals surface area contributed by atoms with E-state index in [9.17, 15) is 0 Å². The Hall–Kier alpha value is -1.03. The minimum absolute atomic E-state index is 0.968. The van der Waals surface area contributed by atoms with Crippen molar-refractivity contribution >= 4 is 5.95 Å². The van der Waals surface area contributed by atoms with Gasteiger partial charge in [-0.15, -0.1) is 0 Å². The van der Waals surface area contributed by atoms with Crippen LogP contribution in [0.5, 0.6) is 0 Å². The molecule has 0 aromatic carbocycles. The second kappa shape index (κ2) is 5.65. The first kappa shape index (κ1) is 11.0. The summed E-state index contributed by atoms with van der Waals surface area (Å²) >= 11 is 0. The molecule has 0 aliphatic carbocycles. The zero-order valence-corrected chi connectivity index (χ0v) is 9.32. The summed E-state index contributed by atoms with van der Waals surface area (Å²) in [6.07, 6.45) is 4.97. The van der Waals surface area contributed by atoms with Crippen LogP contribution in [0.1, 0.15) is 13.3 Å². The fourth-order valence-corrected chi connectivity index (χ4v) is 1.33.